The van der Waals surface area contributed by atoms with Crippen LogP contribution in [0.3, 0.4) is 0 Å². The lowest BCUT2D eigenvalue weighted by Gasteiger charge is -2.33. The number of ether oxygens (including phenoxy) is 1. The van der Waals surface area contributed by atoms with Crippen molar-refractivity contribution in [3.8, 4) is 5.75 Å². The molecular weight excluding hydrogens is 416 g/mol. The van der Waals surface area contributed by atoms with E-state index in [1.165, 1.54) is 4.90 Å². The summed E-state index contributed by atoms with van der Waals surface area (Å²) in [6.45, 7) is 1.64. The Morgan fingerprint density at radius 2 is 1.82 bits per heavy atom. The number of hydrogen-bond acceptors (Lipinski definition) is 4. The molecule has 1 aromatic heterocycles. The zero-order valence-electron chi connectivity index (χ0n) is 18.2. The monoisotopic (exact) mass is 440 g/mol. The van der Waals surface area contributed by atoms with Gasteiger partial charge in [-0.2, -0.15) is 0 Å². The normalized spacial score (nSPS) is 14.0. The van der Waals surface area contributed by atoms with Gasteiger partial charge in [0.05, 0.1) is 16.7 Å². The van der Waals surface area contributed by atoms with Gasteiger partial charge in [-0.25, -0.2) is 4.98 Å². The fraction of sp³-hybridized carbons (Fsp3) is 0.192. The molecule has 7 heteroatoms. The standard InChI is InChI=1S/C26H24N4O3/c1-17(30-22-8-4-5-9-23(22)33-16-25(30)31)26(32)27-19-13-10-18(11-14-19)12-15-24-28-20-6-2-3-7-21(20)29-24/h2-11,13-14,17H,12,15-16H2,1H3,(H,27,32)(H,28,29). The highest BCUT2D eigenvalue weighted by Crippen LogP contribution is 2.33. The van der Waals surface area contributed by atoms with E-state index in [1.807, 2.05) is 60.7 Å². The van der Waals surface area contributed by atoms with Crippen molar-refractivity contribution in [2.45, 2.75) is 25.8 Å². The van der Waals surface area contributed by atoms with Crippen LogP contribution in [0.2, 0.25) is 0 Å². The average molecular weight is 441 g/mol. The predicted molar refractivity (Wildman–Crippen MR) is 127 cm³/mol. The predicted octanol–water partition coefficient (Wildman–Crippen LogP) is 4.10. The maximum atomic E-state index is 12.9. The Labute approximate surface area is 191 Å². The first kappa shape index (κ1) is 20.8. The van der Waals surface area contributed by atoms with E-state index in [0.29, 0.717) is 17.1 Å². The van der Waals surface area contributed by atoms with Crippen LogP contribution in [0, 0.1) is 0 Å². The van der Waals surface area contributed by atoms with Gasteiger partial charge in [-0.05, 0) is 55.3 Å². The molecule has 3 aromatic carbocycles. The van der Waals surface area contributed by atoms with Crippen molar-refractivity contribution < 1.29 is 14.3 Å². The van der Waals surface area contributed by atoms with Crippen LogP contribution in [0.25, 0.3) is 11.0 Å². The highest BCUT2D eigenvalue weighted by molar-refractivity contribution is 6.06. The van der Waals surface area contributed by atoms with Gasteiger partial charge in [-0.15, -0.1) is 0 Å². The van der Waals surface area contributed by atoms with E-state index in [2.05, 4.69) is 15.3 Å². The van der Waals surface area contributed by atoms with Crippen LogP contribution in [-0.4, -0.2) is 34.4 Å². The summed E-state index contributed by atoms with van der Waals surface area (Å²) < 4.78 is 5.47. The number of nitrogens with zero attached hydrogens (tertiary/aromatic N) is 2. The fourth-order valence-corrected chi connectivity index (χ4v) is 4.05. The quantitative estimate of drug-likeness (QED) is 0.473. The van der Waals surface area contributed by atoms with Crippen LogP contribution in [0.15, 0.2) is 72.8 Å². The van der Waals surface area contributed by atoms with E-state index in [9.17, 15) is 9.59 Å². The lowest BCUT2D eigenvalue weighted by Crippen LogP contribution is -2.49. The van der Waals surface area contributed by atoms with Crippen LogP contribution in [0.1, 0.15) is 18.3 Å². The largest absolute Gasteiger partial charge is 0.482 e. The van der Waals surface area contributed by atoms with Crippen molar-refractivity contribution in [1.82, 2.24) is 9.97 Å². The summed E-state index contributed by atoms with van der Waals surface area (Å²) in [5.74, 6) is 1.07. The molecule has 2 heterocycles. The van der Waals surface area contributed by atoms with E-state index in [-0.39, 0.29) is 18.4 Å². The minimum absolute atomic E-state index is 0.0748. The highest BCUT2D eigenvalue weighted by Gasteiger charge is 2.32. The molecule has 0 spiro atoms. The summed E-state index contributed by atoms with van der Waals surface area (Å²) in [6.07, 6.45) is 1.64. The Hall–Kier alpha value is -4.13. The zero-order valence-corrected chi connectivity index (χ0v) is 18.2. The van der Waals surface area contributed by atoms with Crippen molar-refractivity contribution in [2.24, 2.45) is 0 Å². The Balaban J connectivity index is 1.22. The molecule has 1 unspecified atom stereocenters. The second kappa shape index (κ2) is 8.78. The van der Waals surface area contributed by atoms with Crippen LogP contribution in [0.4, 0.5) is 11.4 Å². The van der Waals surface area contributed by atoms with Crippen LogP contribution >= 0.6 is 0 Å². The number of nitrogens with one attached hydrogen (secondary N) is 2. The Morgan fingerprint density at radius 1 is 1.06 bits per heavy atom. The topological polar surface area (TPSA) is 87.3 Å². The number of carbonyl (C=O) groups is 2. The lowest BCUT2D eigenvalue weighted by molar-refractivity contribution is -0.125. The molecule has 1 aliphatic rings. The number of carbonyl (C=O) groups excluding carboxylic acids is 2. The third-order valence-electron chi connectivity index (χ3n) is 5.82. The van der Waals surface area contributed by atoms with E-state index in [4.69, 9.17) is 4.74 Å². The zero-order chi connectivity index (χ0) is 22.8. The first-order valence-corrected chi connectivity index (χ1v) is 11.0. The number of aryl methyl sites for hydroxylation is 2. The van der Waals surface area contributed by atoms with E-state index in [1.54, 1.807) is 19.1 Å². The summed E-state index contributed by atoms with van der Waals surface area (Å²) >= 11 is 0. The maximum absolute atomic E-state index is 12.9. The smallest absolute Gasteiger partial charge is 0.265 e. The van der Waals surface area contributed by atoms with Gasteiger partial charge in [-0.3, -0.25) is 14.5 Å². The molecule has 0 saturated carbocycles. The van der Waals surface area contributed by atoms with Gasteiger partial charge in [0.2, 0.25) is 5.91 Å². The van der Waals surface area contributed by atoms with Gasteiger partial charge >= 0.3 is 0 Å². The third-order valence-corrected chi connectivity index (χ3v) is 5.82. The number of H-pyrrole nitrogens is 1. The van der Waals surface area contributed by atoms with Crippen molar-refractivity contribution in [3.05, 3.63) is 84.2 Å². The molecule has 5 rings (SSSR count). The summed E-state index contributed by atoms with van der Waals surface area (Å²) in [5, 5.41) is 2.92. The number of para-hydroxylation sites is 4. The minimum Gasteiger partial charge on any atom is -0.482 e. The molecule has 0 fully saturated rings. The second-order valence-corrected chi connectivity index (χ2v) is 8.08. The van der Waals surface area contributed by atoms with Gasteiger partial charge in [-0.1, -0.05) is 36.4 Å². The molecule has 33 heavy (non-hydrogen) atoms. The summed E-state index contributed by atoms with van der Waals surface area (Å²) in [7, 11) is 0. The number of anilines is 2. The van der Waals surface area contributed by atoms with Crippen molar-refractivity contribution in [2.75, 3.05) is 16.8 Å². The van der Waals surface area contributed by atoms with Crippen LogP contribution in [-0.2, 0) is 22.4 Å². The Kier molecular flexibility index (Phi) is 5.52. The number of aromatic nitrogens is 2. The number of hydrogen-bond donors (Lipinski definition) is 2. The van der Waals surface area contributed by atoms with Gasteiger partial charge in [0.25, 0.3) is 5.91 Å². The molecule has 1 atom stereocenters. The third kappa shape index (κ3) is 4.30. The number of rotatable bonds is 6. The minimum atomic E-state index is -0.671. The average Bonchev–Trinajstić information content (AvgIpc) is 3.26. The van der Waals surface area contributed by atoms with Crippen LogP contribution < -0.4 is 15.0 Å². The highest BCUT2D eigenvalue weighted by atomic mass is 16.5. The van der Waals surface area contributed by atoms with Gasteiger partial charge < -0.3 is 15.0 Å². The van der Waals surface area contributed by atoms with E-state index in [0.717, 1.165) is 35.3 Å². The first-order chi connectivity index (χ1) is 16.1. The second-order valence-electron chi connectivity index (χ2n) is 8.08. The lowest BCUT2D eigenvalue weighted by atomic mass is 10.1. The van der Waals surface area contributed by atoms with Gasteiger partial charge in [0.1, 0.15) is 17.6 Å². The Bertz CT molecular complexity index is 1280. The van der Waals surface area contributed by atoms with Crippen molar-refractivity contribution in [3.63, 3.8) is 0 Å². The van der Waals surface area contributed by atoms with E-state index < -0.39 is 6.04 Å². The van der Waals surface area contributed by atoms with Gasteiger partial charge in [0, 0.05) is 12.1 Å². The number of imidazole rings is 1. The molecule has 2 amide bonds. The van der Waals surface area contributed by atoms with Crippen LogP contribution in [0.5, 0.6) is 5.75 Å². The molecule has 0 saturated heterocycles. The molecule has 0 bridgehead atoms. The maximum Gasteiger partial charge on any atom is 0.265 e. The molecule has 4 aromatic rings. The Morgan fingerprint density at radius 3 is 2.64 bits per heavy atom. The van der Waals surface area contributed by atoms with Gasteiger partial charge in [0.15, 0.2) is 6.61 Å². The molecule has 1 aliphatic heterocycles. The molecule has 166 valence electrons. The van der Waals surface area contributed by atoms with Crippen molar-refractivity contribution in [1.29, 1.82) is 0 Å². The molecule has 7 nitrogen and oxygen atoms in total. The summed E-state index contributed by atoms with van der Waals surface area (Å²) in [5.41, 5.74) is 4.46. The first-order valence-electron chi connectivity index (χ1n) is 11.0. The summed E-state index contributed by atoms with van der Waals surface area (Å²) in [4.78, 5) is 34.8. The number of aromatic amines is 1. The molecule has 0 radical (unpaired) electrons. The molecule has 2 N–H and O–H groups in total. The molecule has 0 aliphatic carbocycles. The SMILES string of the molecule is CC(C(=O)Nc1ccc(CCc2nc3ccccc3[nH]2)cc1)N1C(=O)COc2ccccc21. The van der Waals surface area contributed by atoms with E-state index >= 15 is 0 Å². The summed E-state index contributed by atoms with van der Waals surface area (Å²) in [6, 6.07) is 22.3. The fourth-order valence-electron chi connectivity index (χ4n) is 4.05. The number of benzene rings is 3. The van der Waals surface area contributed by atoms with Crippen molar-refractivity contribution >= 4 is 34.2 Å². The number of fused-ring (bicyclic) bond motifs is 2. The molecular formula is C26H24N4O3. The number of amides is 2.